The number of fused-ring (bicyclic) bond motifs is 1. The monoisotopic (exact) mass is 343 g/mol. The van der Waals surface area contributed by atoms with Crippen LogP contribution in [0.1, 0.15) is 22.4 Å². The van der Waals surface area contributed by atoms with Gasteiger partial charge in [-0.1, -0.05) is 18.2 Å². The van der Waals surface area contributed by atoms with Crippen LogP contribution in [0.2, 0.25) is 0 Å². The number of nitriles is 1. The van der Waals surface area contributed by atoms with Gasteiger partial charge < -0.3 is 4.74 Å². The third-order valence-corrected chi connectivity index (χ3v) is 3.71. The molecule has 0 atom stereocenters. The summed E-state index contributed by atoms with van der Waals surface area (Å²) < 4.78 is 43.1. The van der Waals surface area contributed by atoms with Crippen LogP contribution in [0.15, 0.2) is 36.4 Å². The summed E-state index contributed by atoms with van der Waals surface area (Å²) in [5.41, 5.74) is 1.50. The number of hydrogen-bond donors (Lipinski definition) is 1. The summed E-state index contributed by atoms with van der Waals surface area (Å²) in [6.07, 6.45) is -1.05. The number of benzene rings is 2. The summed E-state index contributed by atoms with van der Waals surface area (Å²) >= 11 is 0. The number of halogens is 3. The molecule has 3 rings (SSSR count). The number of nitrogens with zero attached hydrogens (tertiary/aromatic N) is 2. The Morgan fingerprint density at radius 3 is 2.44 bits per heavy atom. The zero-order valence-electron chi connectivity index (χ0n) is 13.1. The van der Waals surface area contributed by atoms with E-state index in [4.69, 9.17) is 10.00 Å². The molecule has 1 heterocycles. The zero-order chi connectivity index (χ0) is 18.0. The maximum atomic E-state index is 12.6. The fourth-order valence-electron chi connectivity index (χ4n) is 2.49. The largest absolute Gasteiger partial charge is 0.495 e. The smallest absolute Gasteiger partial charge is 0.416 e. The highest BCUT2D eigenvalue weighted by Crippen LogP contribution is 2.32. The first-order valence-electron chi connectivity index (χ1n) is 7.24. The Balaban J connectivity index is 1.98. The summed E-state index contributed by atoms with van der Waals surface area (Å²) in [4.78, 5) is 0. The topological polar surface area (TPSA) is 61.7 Å². The van der Waals surface area contributed by atoms with Gasteiger partial charge in [0.05, 0.1) is 34.8 Å². The third-order valence-electron chi connectivity index (χ3n) is 3.71. The van der Waals surface area contributed by atoms with E-state index < -0.39 is 11.7 Å². The molecule has 126 valence electrons. The molecule has 1 N–H and O–H groups in total. The highest BCUT2D eigenvalue weighted by Gasteiger charge is 2.29. The van der Waals surface area contributed by atoms with Crippen molar-refractivity contribution in [1.82, 2.24) is 10.2 Å². The van der Waals surface area contributed by atoms with Gasteiger partial charge in [-0.25, -0.2) is 0 Å². The molecular formula is C18H12F3N3O. The van der Waals surface area contributed by atoms with Gasteiger partial charge in [0, 0.05) is 0 Å². The molecule has 1 aromatic heterocycles. The van der Waals surface area contributed by atoms with Gasteiger partial charge in [-0.3, -0.25) is 5.10 Å². The number of ether oxygens (including phenoxy) is 1. The summed E-state index contributed by atoms with van der Waals surface area (Å²) in [6.45, 7) is 0. The van der Waals surface area contributed by atoms with E-state index in [0.29, 0.717) is 33.5 Å². The van der Waals surface area contributed by atoms with Crippen molar-refractivity contribution in [3.05, 3.63) is 58.8 Å². The Hall–Kier alpha value is -3.27. The van der Waals surface area contributed by atoms with Crippen molar-refractivity contribution in [3.8, 4) is 11.8 Å². The summed E-state index contributed by atoms with van der Waals surface area (Å²) in [6, 6.07) is 10.2. The summed E-state index contributed by atoms with van der Waals surface area (Å²) in [5.74, 6) is 0.404. The molecule has 0 fully saturated rings. The van der Waals surface area contributed by atoms with Crippen LogP contribution in [0.4, 0.5) is 13.2 Å². The normalized spacial score (nSPS) is 11.8. The molecule has 7 heteroatoms. The van der Waals surface area contributed by atoms with Gasteiger partial charge >= 0.3 is 6.18 Å². The van der Waals surface area contributed by atoms with E-state index in [9.17, 15) is 13.2 Å². The van der Waals surface area contributed by atoms with E-state index in [1.165, 1.54) is 19.2 Å². The standard InChI is InChI=1S/C18H12F3N3O/c1-25-17-12(10-22)5-9-15-16(17)14(23-24-15)8-4-11-2-6-13(7-3-11)18(19,20)21/h2-9H,1H3,(H,23,24)/b8-4+. The number of methoxy groups -OCH3 is 1. The lowest BCUT2D eigenvalue weighted by molar-refractivity contribution is -0.137. The lowest BCUT2D eigenvalue weighted by atomic mass is 10.1. The van der Waals surface area contributed by atoms with Crippen molar-refractivity contribution in [2.75, 3.05) is 7.11 Å². The second-order valence-electron chi connectivity index (χ2n) is 5.24. The van der Waals surface area contributed by atoms with Gasteiger partial charge in [0.15, 0.2) is 0 Å². The number of nitrogens with one attached hydrogen (secondary N) is 1. The second-order valence-corrected chi connectivity index (χ2v) is 5.24. The molecular weight excluding hydrogens is 331 g/mol. The Labute approximate surface area is 141 Å². The Kier molecular flexibility index (Phi) is 4.19. The zero-order valence-corrected chi connectivity index (χ0v) is 13.1. The van der Waals surface area contributed by atoms with Crippen molar-refractivity contribution >= 4 is 23.1 Å². The molecule has 0 aliphatic rings. The Bertz CT molecular complexity index is 980. The highest BCUT2D eigenvalue weighted by atomic mass is 19.4. The molecule has 0 spiro atoms. The Morgan fingerprint density at radius 2 is 1.84 bits per heavy atom. The van der Waals surface area contributed by atoms with Crippen LogP contribution < -0.4 is 4.74 Å². The molecule has 0 aliphatic heterocycles. The number of aromatic amines is 1. The van der Waals surface area contributed by atoms with E-state index >= 15 is 0 Å². The average Bonchev–Trinajstić information content (AvgIpc) is 3.01. The quantitative estimate of drug-likeness (QED) is 0.754. The van der Waals surface area contributed by atoms with E-state index in [0.717, 1.165) is 12.1 Å². The molecule has 25 heavy (non-hydrogen) atoms. The minimum absolute atomic E-state index is 0.376. The van der Waals surface area contributed by atoms with Crippen LogP contribution in [0.5, 0.6) is 5.75 Å². The first-order valence-corrected chi connectivity index (χ1v) is 7.24. The number of H-pyrrole nitrogens is 1. The molecule has 0 aliphatic carbocycles. The fraction of sp³-hybridized carbons (Fsp3) is 0.111. The van der Waals surface area contributed by atoms with Gasteiger partial charge in [0.2, 0.25) is 0 Å². The van der Waals surface area contributed by atoms with Gasteiger partial charge in [-0.15, -0.1) is 0 Å². The van der Waals surface area contributed by atoms with Crippen LogP contribution >= 0.6 is 0 Å². The second kappa shape index (κ2) is 6.32. The number of alkyl halides is 3. The minimum Gasteiger partial charge on any atom is -0.495 e. The van der Waals surface area contributed by atoms with Gasteiger partial charge in [0.25, 0.3) is 0 Å². The molecule has 0 unspecified atom stereocenters. The van der Waals surface area contributed by atoms with Crippen LogP contribution in [-0.2, 0) is 6.18 Å². The molecule has 4 nitrogen and oxygen atoms in total. The number of hydrogen-bond acceptors (Lipinski definition) is 3. The van der Waals surface area contributed by atoms with E-state index in [-0.39, 0.29) is 0 Å². The SMILES string of the molecule is COc1c(C#N)ccc2[nH]nc(/C=C/c3ccc(C(F)(F)F)cc3)c12. The van der Waals surface area contributed by atoms with Gasteiger partial charge in [-0.05, 0) is 35.9 Å². The predicted octanol–water partition coefficient (Wildman–Crippen LogP) is 4.63. The number of aromatic nitrogens is 2. The molecule has 3 aromatic rings. The fourth-order valence-corrected chi connectivity index (χ4v) is 2.49. The van der Waals surface area contributed by atoms with Crippen molar-refractivity contribution in [1.29, 1.82) is 5.26 Å². The molecule has 2 aromatic carbocycles. The lowest BCUT2D eigenvalue weighted by Crippen LogP contribution is -2.03. The van der Waals surface area contributed by atoms with Crippen molar-refractivity contribution in [3.63, 3.8) is 0 Å². The van der Waals surface area contributed by atoms with Crippen molar-refractivity contribution in [2.24, 2.45) is 0 Å². The van der Waals surface area contributed by atoms with Gasteiger partial charge in [-0.2, -0.15) is 23.5 Å². The van der Waals surface area contributed by atoms with Gasteiger partial charge in [0.1, 0.15) is 11.8 Å². The molecule has 0 radical (unpaired) electrons. The average molecular weight is 343 g/mol. The summed E-state index contributed by atoms with van der Waals surface area (Å²) in [5, 5.41) is 16.8. The first kappa shape index (κ1) is 16.6. The van der Waals surface area contributed by atoms with E-state index in [1.807, 2.05) is 0 Å². The predicted molar refractivity (Wildman–Crippen MR) is 87.7 cm³/mol. The number of rotatable bonds is 3. The molecule has 0 bridgehead atoms. The van der Waals surface area contributed by atoms with Crippen molar-refractivity contribution in [2.45, 2.75) is 6.18 Å². The van der Waals surface area contributed by atoms with E-state index in [2.05, 4.69) is 16.3 Å². The molecule has 0 saturated heterocycles. The van der Waals surface area contributed by atoms with E-state index in [1.54, 1.807) is 24.3 Å². The lowest BCUT2D eigenvalue weighted by Gasteiger charge is -2.06. The van der Waals surface area contributed by atoms with Crippen LogP contribution in [-0.4, -0.2) is 17.3 Å². The minimum atomic E-state index is -4.36. The third kappa shape index (κ3) is 3.19. The van der Waals surface area contributed by atoms with Crippen LogP contribution in [0.25, 0.3) is 23.1 Å². The first-order chi connectivity index (χ1) is 11.9. The van der Waals surface area contributed by atoms with Crippen molar-refractivity contribution < 1.29 is 17.9 Å². The maximum absolute atomic E-state index is 12.6. The van der Waals surface area contributed by atoms with Crippen LogP contribution in [0, 0.1) is 11.3 Å². The maximum Gasteiger partial charge on any atom is 0.416 e. The molecule has 0 saturated carbocycles. The molecule has 0 amide bonds. The Morgan fingerprint density at radius 1 is 1.12 bits per heavy atom. The van der Waals surface area contributed by atoms with Crippen LogP contribution in [0.3, 0.4) is 0 Å². The highest BCUT2D eigenvalue weighted by molar-refractivity contribution is 5.95. The summed E-state index contributed by atoms with van der Waals surface area (Å²) in [7, 11) is 1.46.